The van der Waals surface area contributed by atoms with Crippen molar-refractivity contribution >= 4 is 5.69 Å². The maximum absolute atomic E-state index is 5.14. The van der Waals surface area contributed by atoms with Crippen LogP contribution in [0, 0.1) is 0 Å². The van der Waals surface area contributed by atoms with E-state index in [-0.39, 0.29) is 0 Å². The van der Waals surface area contributed by atoms with Crippen LogP contribution in [-0.2, 0) is 0 Å². The Morgan fingerprint density at radius 3 is 2.41 bits per heavy atom. The Bertz CT molecular complexity index is 294. The molecule has 0 aliphatic rings. The zero-order valence-electron chi connectivity index (χ0n) is 11.3. The fraction of sp³-hybridized carbons (Fsp3) is 0.600. The molecular weight excluding hydrogens is 210 g/mol. The number of anilines is 1. The molecule has 0 spiro atoms. The molecule has 2 heteroatoms. The van der Waals surface area contributed by atoms with Crippen LogP contribution >= 0.6 is 0 Å². The van der Waals surface area contributed by atoms with E-state index < -0.39 is 0 Å². The molecule has 0 aliphatic carbocycles. The predicted octanol–water partition coefficient (Wildman–Crippen LogP) is 4.47. The second kappa shape index (κ2) is 7.99. The van der Waals surface area contributed by atoms with Crippen LogP contribution in [0.5, 0.6) is 5.75 Å². The summed E-state index contributed by atoms with van der Waals surface area (Å²) in [5.41, 5.74) is 1.17. The van der Waals surface area contributed by atoms with Gasteiger partial charge in [0.15, 0.2) is 0 Å². The number of benzene rings is 1. The Morgan fingerprint density at radius 1 is 1.12 bits per heavy atom. The van der Waals surface area contributed by atoms with Crippen LogP contribution in [0.15, 0.2) is 24.3 Å². The van der Waals surface area contributed by atoms with Gasteiger partial charge in [0.25, 0.3) is 0 Å². The lowest BCUT2D eigenvalue weighted by Crippen LogP contribution is -2.14. The lowest BCUT2D eigenvalue weighted by Gasteiger charge is -2.15. The van der Waals surface area contributed by atoms with Crippen molar-refractivity contribution in [2.24, 2.45) is 0 Å². The van der Waals surface area contributed by atoms with Crippen LogP contribution in [-0.4, -0.2) is 13.2 Å². The zero-order chi connectivity index (χ0) is 12.5. The highest BCUT2D eigenvalue weighted by Crippen LogP contribution is 2.17. The molecule has 1 N–H and O–H groups in total. The maximum atomic E-state index is 5.14. The Balaban J connectivity index is 2.26. The monoisotopic (exact) mass is 235 g/mol. The third kappa shape index (κ3) is 5.62. The summed E-state index contributed by atoms with van der Waals surface area (Å²) in [7, 11) is 1.69. The third-order valence-corrected chi connectivity index (χ3v) is 2.99. The number of hydrogen-bond donors (Lipinski definition) is 1. The summed E-state index contributed by atoms with van der Waals surface area (Å²) in [6.07, 6.45) is 6.57. The Labute approximate surface area is 105 Å². The highest BCUT2D eigenvalue weighted by Gasteiger charge is 2.01. The molecular formula is C15H25NO. The number of ether oxygens (including phenoxy) is 1. The molecule has 0 aliphatic heterocycles. The first-order valence-corrected chi connectivity index (χ1v) is 6.67. The minimum absolute atomic E-state index is 0.542. The molecule has 0 saturated heterocycles. The second-order valence-corrected chi connectivity index (χ2v) is 4.62. The van der Waals surface area contributed by atoms with E-state index in [2.05, 4.69) is 31.3 Å². The number of methoxy groups -OCH3 is 1. The number of nitrogens with one attached hydrogen (secondary N) is 1. The van der Waals surface area contributed by atoms with Gasteiger partial charge in [-0.15, -0.1) is 0 Å². The van der Waals surface area contributed by atoms with Crippen molar-refractivity contribution < 1.29 is 4.74 Å². The number of hydrogen-bond acceptors (Lipinski definition) is 2. The highest BCUT2D eigenvalue weighted by molar-refractivity contribution is 5.46. The van der Waals surface area contributed by atoms with Crippen molar-refractivity contribution in [3.63, 3.8) is 0 Å². The predicted molar refractivity (Wildman–Crippen MR) is 74.8 cm³/mol. The molecule has 0 bridgehead atoms. The summed E-state index contributed by atoms with van der Waals surface area (Å²) in [4.78, 5) is 0. The molecule has 0 radical (unpaired) electrons. The van der Waals surface area contributed by atoms with Crippen LogP contribution in [0.3, 0.4) is 0 Å². The molecule has 0 unspecified atom stereocenters. The van der Waals surface area contributed by atoms with Crippen LogP contribution in [0.1, 0.15) is 46.0 Å². The quantitative estimate of drug-likeness (QED) is 0.671. The molecule has 0 aromatic heterocycles. The first kappa shape index (κ1) is 13.9. The van der Waals surface area contributed by atoms with E-state index >= 15 is 0 Å². The average Bonchev–Trinajstić information content (AvgIpc) is 2.36. The maximum Gasteiger partial charge on any atom is 0.119 e. The molecule has 0 saturated carbocycles. The molecule has 0 amide bonds. The largest absolute Gasteiger partial charge is 0.497 e. The van der Waals surface area contributed by atoms with Gasteiger partial charge in [0.2, 0.25) is 0 Å². The Morgan fingerprint density at radius 2 is 1.82 bits per heavy atom. The summed E-state index contributed by atoms with van der Waals surface area (Å²) in [5.74, 6) is 0.908. The molecule has 1 atom stereocenters. The number of unbranched alkanes of at least 4 members (excludes halogenated alkanes) is 3. The van der Waals surface area contributed by atoms with E-state index in [1.165, 1.54) is 37.8 Å². The molecule has 2 nitrogen and oxygen atoms in total. The van der Waals surface area contributed by atoms with Gasteiger partial charge in [0.1, 0.15) is 5.75 Å². The van der Waals surface area contributed by atoms with Gasteiger partial charge in [0, 0.05) is 11.7 Å². The van der Waals surface area contributed by atoms with Gasteiger partial charge in [-0.25, -0.2) is 0 Å². The minimum atomic E-state index is 0.542. The van der Waals surface area contributed by atoms with E-state index in [1.54, 1.807) is 7.11 Å². The Kier molecular flexibility index (Phi) is 6.53. The Hall–Kier alpha value is -1.18. The van der Waals surface area contributed by atoms with Gasteiger partial charge >= 0.3 is 0 Å². The topological polar surface area (TPSA) is 21.3 Å². The molecule has 1 rings (SSSR count). The van der Waals surface area contributed by atoms with Crippen molar-refractivity contribution in [3.8, 4) is 5.75 Å². The van der Waals surface area contributed by atoms with E-state index in [4.69, 9.17) is 4.74 Å². The molecule has 0 fully saturated rings. The minimum Gasteiger partial charge on any atom is -0.497 e. The van der Waals surface area contributed by atoms with Gasteiger partial charge in [-0.2, -0.15) is 0 Å². The fourth-order valence-corrected chi connectivity index (χ4v) is 1.92. The lowest BCUT2D eigenvalue weighted by molar-refractivity contribution is 0.415. The molecule has 17 heavy (non-hydrogen) atoms. The first-order valence-electron chi connectivity index (χ1n) is 6.67. The van der Waals surface area contributed by atoms with E-state index in [0.29, 0.717) is 6.04 Å². The summed E-state index contributed by atoms with van der Waals surface area (Å²) in [6.45, 7) is 4.50. The molecule has 96 valence electrons. The summed E-state index contributed by atoms with van der Waals surface area (Å²) >= 11 is 0. The molecule has 1 aromatic carbocycles. The van der Waals surface area contributed by atoms with Crippen LogP contribution in [0.2, 0.25) is 0 Å². The normalized spacial score (nSPS) is 12.2. The molecule has 0 heterocycles. The third-order valence-electron chi connectivity index (χ3n) is 2.99. The van der Waals surface area contributed by atoms with E-state index in [0.717, 1.165) is 5.75 Å². The van der Waals surface area contributed by atoms with Crippen molar-refractivity contribution in [3.05, 3.63) is 24.3 Å². The van der Waals surface area contributed by atoms with Gasteiger partial charge in [-0.3, -0.25) is 0 Å². The summed E-state index contributed by atoms with van der Waals surface area (Å²) < 4.78 is 5.14. The van der Waals surface area contributed by atoms with Gasteiger partial charge in [0.05, 0.1) is 7.11 Å². The van der Waals surface area contributed by atoms with Crippen LogP contribution in [0.25, 0.3) is 0 Å². The van der Waals surface area contributed by atoms with Gasteiger partial charge in [-0.05, 0) is 37.6 Å². The smallest absolute Gasteiger partial charge is 0.119 e. The highest BCUT2D eigenvalue weighted by atomic mass is 16.5. The van der Waals surface area contributed by atoms with Gasteiger partial charge < -0.3 is 10.1 Å². The fourth-order valence-electron chi connectivity index (χ4n) is 1.92. The first-order chi connectivity index (χ1) is 8.26. The summed E-state index contributed by atoms with van der Waals surface area (Å²) in [6, 6.07) is 8.67. The zero-order valence-corrected chi connectivity index (χ0v) is 11.3. The van der Waals surface area contributed by atoms with Crippen LogP contribution < -0.4 is 10.1 Å². The SMILES string of the molecule is CCCCCC[C@H](C)Nc1ccc(OC)cc1. The van der Waals surface area contributed by atoms with Crippen LogP contribution in [0.4, 0.5) is 5.69 Å². The van der Waals surface area contributed by atoms with Crippen molar-refractivity contribution in [1.82, 2.24) is 0 Å². The van der Waals surface area contributed by atoms with Crippen molar-refractivity contribution in [2.75, 3.05) is 12.4 Å². The van der Waals surface area contributed by atoms with Gasteiger partial charge in [-0.1, -0.05) is 32.6 Å². The average molecular weight is 235 g/mol. The van der Waals surface area contributed by atoms with E-state index in [9.17, 15) is 0 Å². The van der Waals surface area contributed by atoms with Crippen molar-refractivity contribution in [2.45, 2.75) is 52.0 Å². The van der Waals surface area contributed by atoms with E-state index in [1.807, 2.05) is 12.1 Å². The summed E-state index contributed by atoms with van der Waals surface area (Å²) in [5, 5.41) is 3.51. The lowest BCUT2D eigenvalue weighted by atomic mass is 10.1. The van der Waals surface area contributed by atoms with Crippen molar-refractivity contribution in [1.29, 1.82) is 0 Å². The number of rotatable bonds is 8. The molecule has 1 aromatic rings. The second-order valence-electron chi connectivity index (χ2n) is 4.62. The standard InChI is InChI=1S/C15H25NO/c1-4-5-6-7-8-13(2)16-14-9-11-15(17-3)12-10-14/h9-13,16H,4-8H2,1-3H3/t13-/m0/s1.